The fourth-order valence-electron chi connectivity index (χ4n) is 2.10. The van der Waals surface area contributed by atoms with E-state index in [1.54, 1.807) is 18.2 Å². The van der Waals surface area contributed by atoms with Gasteiger partial charge in [-0.2, -0.15) is 0 Å². The molecule has 0 aliphatic heterocycles. The van der Waals surface area contributed by atoms with Gasteiger partial charge >= 0.3 is 11.9 Å². The number of carbonyl (C=O) groups excluding carboxylic acids is 2. The van der Waals surface area contributed by atoms with Crippen molar-refractivity contribution in [1.29, 1.82) is 0 Å². The number of halogens is 1. The molecule has 0 heterocycles. The van der Waals surface area contributed by atoms with Crippen molar-refractivity contribution in [2.75, 3.05) is 20.3 Å². The molecule has 0 aliphatic carbocycles. The van der Waals surface area contributed by atoms with Crippen LogP contribution in [0.1, 0.15) is 34.6 Å². The van der Waals surface area contributed by atoms with E-state index < -0.39 is 11.9 Å². The average molecular weight is 437 g/mol. The third kappa shape index (κ3) is 6.37. The first-order chi connectivity index (χ1) is 12.9. The largest absolute Gasteiger partial charge is 0.490 e. The summed E-state index contributed by atoms with van der Waals surface area (Å²) in [5.41, 5.74) is 0.741. The van der Waals surface area contributed by atoms with Gasteiger partial charge in [-0.25, -0.2) is 9.59 Å². The van der Waals surface area contributed by atoms with E-state index in [9.17, 15) is 9.59 Å². The highest BCUT2D eigenvalue weighted by atomic mass is 79.9. The Hall–Kier alpha value is -2.38. The molecule has 0 bridgehead atoms. The molecule has 0 spiro atoms. The predicted molar refractivity (Wildman–Crippen MR) is 103 cm³/mol. The fourth-order valence-corrected chi connectivity index (χ4v) is 2.58. The molecule has 0 aromatic heterocycles. The van der Waals surface area contributed by atoms with Crippen molar-refractivity contribution in [2.45, 2.75) is 20.0 Å². The van der Waals surface area contributed by atoms with Gasteiger partial charge in [-0.05, 0) is 72.2 Å². The van der Waals surface area contributed by atoms with E-state index in [-0.39, 0.29) is 12.7 Å². The maximum absolute atomic E-state index is 12.3. The normalized spacial score (nSPS) is 10.6. The number of benzene rings is 2. The van der Waals surface area contributed by atoms with Gasteiger partial charge in [-0.3, -0.25) is 0 Å². The Morgan fingerprint density at radius 2 is 1.63 bits per heavy atom. The Kier molecular flexibility index (Phi) is 7.82. The van der Waals surface area contributed by atoms with Gasteiger partial charge in [-0.15, -0.1) is 0 Å². The zero-order valence-corrected chi connectivity index (χ0v) is 16.9. The highest BCUT2D eigenvalue weighted by Gasteiger charge is 2.13. The van der Waals surface area contributed by atoms with Gasteiger partial charge in [0.1, 0.15) is 18.1 Å². The van der Waals surface area contributed by atoms with Crippen LogP contribution < -0.4 is 9.47 Å². The van der Waals surface area contributed by atoms with Crippen LogP contribution in [0.2, 0.25) is 0 Å². The Bertz CT molecular complexity index is 786. The van der Waals surface area contributed by atoms with Crippen molar-refractivity contribution in [3.63, 3.8) is 0 Å². The van der Waals surface area contributed by atoms with Gasteiger partial charge in [-0.1, -0.05) is 0 Å². The van der Waals surface area contributed by atoms with E-state index >= 15 is 0 Å². The molecule has 0 unspecified atom stereocenters. The van der Waals surface area contributed by atoms with Crippen LogP contribution in [0.15, 0.2) is 46.9 Å². The number of ether oxygens (including phenoxy) is 4. The lowest BCUT2D eigenvalue weighted by atomic mass is 10.2. The zero-order valence-electron chi connectivity index (χ0n) is 15.4. The van der Waals surface area contributed by atoms with Gasteiger partial charge < -0.3 is 18.9 Å². The quantitative estimate of drug-likeness (QED) is 0.349. The Labute approximate surface area is 166 Å². The molecule has 0 aliphatic rings. The molecule has 7 heteroatoms. The van der Waals surface area contributed by atoms with Gasteiger partial charge in [0, 0.05) is 7.11 Å². The van der Waals surface area contributed by atoms with Crippen molar-refractivity contribution in [3.05, 3.63) is 58.1 Å². The Balaban J connectivity index is 1.99. The maximum Gasteiger partial charge on any atom is 0.343 e. The molecule has 0 radical (unpaired) electrons. The van der Waals surface area contributed by atoms with E-state index in [4.69, 9.17) is 18.9 Å². The van der Waals surface area contributed by atoms with Gasteiger partial charge in [0.15, 0.2) is 0 Å². The molecule has 0 saturated heterocycles. The highest BCUT2D eigenvalue weighted by Crippen LogP contribution is 2.27. The van der Waals surface area contributed by atoms with Crippen LogP contribution in [-0.2, 0) is 9.47 Å². The minimum atomic E-state index is -0.512. The summed E-state index contributed by atoms with van der Waals surface area (Å²) in [5, 5.41) is 0. The second kappa shape index (κ2) is 10.1. The lowest BCUT2D eigenvalue weighted by Crippen LogP contribution is -2.11. The van der Waals surface area contributed by atoms with Crippen molar-refractivity contribution in [2.24, 2.45) is 0 Å². The minimum Gasteiger partial charge on any atom is -0.490 e. The van der Waals surface area contributed by atoms with E-state index in [2.05, 4.69) is 15.9 Å². The first-order valence-corrected chi connectivity index (χ1v) is 9.14. The van der Waals surface area contributed by atoms with Gasteiger partial charge in [0.05, 0.1) is 28.3 Å². The maximum atomic E-state index is 12.3. The summed E-state index contributed by atoms with van der Waals surface area (Å²) in [6.07, 6.45) is 0.0267. The molecule has 2 rings (SSSR count). The number of esters is 2. The second-order valence-electron chi connectivity index (χ2n) is 5.85. The summed E-state index contributed by atoms with van der Waals surface area (Å²) >= 11 is 3.39. The van der Waals surface area contributed by atoms with Crippen LogP contribution in [-0.4, -0.2) is 38.4 Å². The first kappa shape index (κ1) is 20.9. The lowest BCUT2D eigenvalue weighted by molar-refractivity contribution is 0.0388. The summed E-state index contributed by atoms with van der Waals surface area (Å²) < 4.78 is 21.5. The highest BCUT2D eigenvalue weighted by molar-refractivity contribution is 9.10. The summed E-state index contributed by atoms with van der Waals surface area (Å²) in [6, 6.07) is 11.1. The first-order valence-electron chi connectivity index (χ1n) is 8.35. The Morgan fingerprint density at radius 3 is 2.22 bits per heavy atom. The van der Waals surface area contributed by atoms with Crippen molar-refractivity contribution in [1.82, 2.24) is 0 Å². The van der Waals surface area contributed by atoms with E-state index in [1.807, 2.05) is 13.8 Å². The van der Waals surface area contributed by atoms with Crippen LogP contribution in [0, 0.1) is 0 Å². The summed E-state index contributed by atoms with van der Waals surface area (Å²) in [6.45, 7) is 4.35. The van der Waals surface area contributed by atoms with E-state index in [0.29, 0.717) is 33.7 Å². The summed E-state index contributed by atoms with van der Waals surface area (Å²) in [4.78, 5) is 24.1. The zero-order chi connectivity index (χ0) is 19.8. The molecule has 0 fully saturated rings. The smallest absolute Gasteiger partial charge is 0.343 e. The summed E-state index contributed by atoms with van der Waals surface area (Å²) in [5.74, 6) is 0.00164. The number of hydrogen-bond acceptors (Lipinski definition) is 6. The SMILES string of the molecule is COCCOC(=O)c1ccc(OC(=O)c2ccc(OC(C)C)c(Br)c2)cc1. The average Bonchev–Trinajstić information content (AvgIpc) is 2.63. The minimum absolute atomic E-state index is 0.0267. The predicted octanol–water partition coefficient (Wildman–Crippen LogP) is 4.26. The number of methoxy groups -OCH3 is 1. The molecule has 2 aromatic rings. The molecule has 0 atom stereocenters. The van der Waals surface area contributed by atoms with Crippen LogP contribution in [0.5, 0.6) is 11.5 Å². The molecular weight excluding hydrogens is 416 g/mol. The molecule has 27 heavy (non-hydrogen) atoms. The van der Waals surface area contributed by atoms with Gasteiger partial charge in [0.25, 0.3) is 0 Å². The topological polar surface area (TPSA) is 71.1 Å². The monoisotopic (exact) mass is 436 g/mol. The molecule has 0 saturated carbocycles. The summed E-state index contributed by atoms with van der Waals surface area (Å²) in [7, 11) is 1.53. The van der Waals surface area contributed by atoms with Gasteiger partial charge in [0.2, 0.25) is 0 Å². The van der Waals surface area contributed by atoms with Crippen molar-refractivity contribution in [3.8, 4) is 11.5 Å². The molecular formula is C20H21BrO6. The van der Waals surface area contributed by atoms with Crippen molar-refractivity contribution >= 4 is 27.9 Å². The van der Waals surface area contributed by atoms with Crippen LogP contribution >= 0.6 is 15.9 Å². The second-order valence-corrected chi connectivity index (χ2v) is 6.71. The van der Waals surface area contributed by atoms with Crippen LogP contribution in [0.25, 0.3) is 0 Å². The molecule has 0 amide bonds. The third-order valence-corrected chi connectivity index (χ3v) is 3.97. The molecule has 0 N–H and O–H groups in total. The third-order valence-electron chi connectivity index (χ3n) is 3.35. The van der Waals surface area contributed by atoms with Crippen LogP contribution in [0.4, 0.5) is 0 Å². The van der Waals surface area contributed by atoms with Crippen molar-refractivity contribution < 1.29 is 28.5 Å². The number of rotatable bonds is 8. The molecule has 144 valence electrons. The fraction of sp³-hybridized carbons (Fsp3) is 0.300. The number of hydrogen-bond donors (Lipinski definition) is 0. The molecule has 6 nitrogen and oxygen atoms in total. The van der Waals surface area contributed by atoms with E-state index in [1.165, 1.54) is 31.4 Å². The number of carbonyl (C=O) groups is 2. The lowest BCUT2D eigenvalue weighted by Gasteiger charge is -2.12. The van der Waals surface area contributed by atoms with E-state index in [0.717, 1.165) is 0 Å². The van der Waals surface area contributed by atoms with Crippen LogP contribution in [0.3, 0.4) is 0 Å². The molecule has 2 aromatic carbocycles. The Morgan fingerprint density at radius 1 is 0.963 bits per heavy atom. The standard InChI is InChI=1S/C20H21BrO6/c1-13(2)26-18-9-6-15(12-17(18)21)20(23)27-16-7-4-14(5-8-16)19(22)25-11-10-24-3/h4-9,12-13H,10-11H2,1-3H3.